The minimum absolute atomic E-state index is 0.0673. The van der Waals surface area contributed by atoms with Crippen molar-refractivity contribution >= 4 is 5.97 Å². The summed E-state index contributed by atoms with van der Waals surface area (Å²) in [5.41, 5.74) is 0. The highest BCUT2D eigenvalue weighted by Crippen LogP contribution is 2.26. The van der Waals surface area contributed by atoms with Crippen molar-refractivity contribution in [2.45, 2.75) is 6.42 Å². The van der Waals surface area contributed by atoms with Gasteiger partial charge in [0.2, 0.25) is 11.6 Å². The van der Waals surface area contributed by atoms with Gasteiger partial charge in [0.15, 0.2) is 17.4 Å². The van der Waals surface area contributed by atoms with Gasteiger partial charge in [0.1, 0.15) is 0 Å². The molecule has 0 aliphatic rings. The first-order valence-corrected chi connectivity index (χ1v) is 4.50. The second-order valence-electron chi connectivity index (χ2n) is 2.97. The van der Waals surface area contributed by atoms with Crippen LogP contribution in [0.4, 0.5) is 17.6 Å². The van der Waals surface area contributed by atoms with Crippen LogP contribution < -0.4 is 4.74 Å². The third-order valence-electron chi connectivity index (χ3n) is 1.85. The van der Waals surface area contributed by atoms with E-state index in [1.807, 2.05) is 0 Å². The van der Waals surface area contributed by atoms with E-state index < -0.39 is 41.6 Å². The van der Waals surface area contributed by atoms with E-state index in [2.05, 4.69) is 9.47 Å². The molecule has 0 saturated carbocycles. The zero-order chi connectivity index (χ0) is 13.0. The Kier molecular flexibility index (Phi) is 4.30. The lowest BCUT2D eigenvalue weighted by Crippen LogP contribution is -2.10. The highest BCUT2D eigenvalue weighted by atomic mass is 19.2. The molecule has 0 heterocycles. The highest BCUT2D eigenvalue weighted by molar-refractivity contribution is 5.69. The summed E-state index contributed by atoms with van der Waals surface area (Å²) in [6.45, 7) is -0.455. The average Bonchev–Trinajstić information content (AvgIpc) is 2.30. The number of ether oxygens (including phenoxy) is 2. The molecule has 0 aliphatic heterocycles. The minimum atomic E-state index is -1.64. The maximum Gasteiger partial charge on any atom is 0.308 e. The molecule has 0 radical (unpaired) electrons. The van der Waals surface area contributed by atoms with Gasteiger partial charge in [-0.25, -0.2) is 8.78 Å². The number of esters is 1. The van der Waals surface area contributed by atoms with Crippen LogP contribution in [-0.2, 0) is 9.53 Å². The van der Waals surface area contributed by atoms with Gasteiger partial charge < -0.3 is 9.47 Å². The molecular weight excluding hydrogens is 244 g/mol. The largest absolute Gasteiger partial charge is 0.487 e. The highest BCUT2D eigenvalue weighted by Gasteiger charge is 2.20. The van der Waals surface area contributed by atoms with Crippen LogP contribution in [0.15, 0.2) is 6.07 Å². The van der Waals surface area contributed by atoms with Crippen molar-refractivity contribution in [1.82, 2.24) is 0 Å². The number of hydrogen-bond acceptors (Lipinski definition) is 3. The number of rotatable bonds is 4. The summed E-state index contributed by atoms with van der Waals surface area (Å²) in [5, 5.41) is 0. The van der Waals surface area contributed by atoms with E-state index in [1.165, 1.54) is 0 Å². The number of hydrogen-bond donors (Lipinski definition) is 0. The molecule has 0 saturated heterocycles. The summed E-state index contributed by atoms with van der Waals surface area (Å²) < 4.78 is 60.2. The lowest BCUT2D eigenvalue weighted by molar-refractivity contribution is -0.141. The smallest absolute Gasteiger partial charge is 0.308 e. The quantitative estimate of drug-likeness (QED) is 0.468. The summed E-state index contributed by atoms with van der Waals surface area (Å²) >= 11 is 0. The fourth-order valence-electron chi connectivity index (χ4n) is 1.02. The van der Waals surface area contributed by atoms with E-state index in [1.54, 1.807) is 0 Å². The number of benzene rings is 1. The summed E-state index contributed by atoms with van der Waals surface area (Å²) in [7, 11) is 1.12. The Morgan fingerprint density at radius 3 is 2.18 bits per heavy atom. The molecule has 0 unspecified atom stereocenters. The van der Waals surface area contributed by atoms with Crippen molar-refractivity contribution in [1.29, 1.82) is 0 Å². The van der Waals surface area contributed by atoms with Gasteiger partial charge in [0.05, 0.1) is 20.1 Å². The molecule has 1 aromatic rings. The molecule has 0 aromatic heterocycles. The van der Waals surface area contributed by atoms with Crippen LogP contribution in [0, 0.1) is 23.3 Å². The number of carbonyl (C=O) groups excluding carboxylic acids is 1. The van der Waals surface area contributed by atoms with Crippen molar-refractivity contribution in [3.8, 4) is 5.75 Å². The van der Waals surface area contributed by atoms with Gasteiger partial charge >= 0.3 is 5.97 Å². The van der Waals surface area contributed by atoms with Crippen LogP contribution in [0.3, 0.4) is 0 Å². The normalized spacial score (nSPS) is 10.2. The Balaban J connectivity index is 2.80. The Bertz CT molecular complexity index is 408. The van der Waals surface area contributed by atoms with E-state index in [0.29, 0.717) is 0 Å². The third-order valence-corrected chi connectivity index (χ3v) is 1.85. The molecule has 0 bridgehead atoms. The van der Waals surface area contributed by atoms with Gasteiger partial charge in [-0.05, 0) is 0 Å². The molecule has 0 spiro atoms. The van der Waals surface area contributed by atoms with Gasteiger partial charge in [-0.3, -0.25) is 4.79 Å². The first-order chi connectivity index (χ1) is 7.97. The van der Waals surface area contributed by atoms with E-state index in [9.17, 15) is 22.4 Å². The molecule has 7 heteroatoms. The van der Waals surface area contributed by atoms with E-state index in [0.717, 1.165) is 7.11 Å². The second kappa shape index (κ2) is 5.51. The van der Waals surface area contributed by atoms with Crippen LogP contribution >= 0.6 is 0 Å². The van der Waals surface area contributed by atoms with Crippen molar-refractivity contribution < 1.29 is 31.8 Å². The van der Waals surface area contributed by atoms with E-state index in [4.69, 9.17) is 0 Å². The fraction of sp³-hybridized carbons (Fsp3) is 0.300. The first-order valence-electron chi connectivity index (χ1n) is 4.50. The van der Waals surface area contributed by atoms with Crippen LogP contribution in [-0.4, -0.2) is 19.7 Å². The maximum atomic E-state index is 13.0. The monoisotopic (exact) mass is 252 g/mol. The lowest BCUT2D eigenvalue weighted by atomic mass is 10.3. The van der Waals surface area contributed by atoms with Gasteiger partial charge in [0.25, 0.3) is 0 Å². The van der Waals surface area contributed by atoms with Gasteiger partial charge in [-0.1, -0.05) is 0 Å². The predicted molar refractivity (Wildman–Crippen MR) is 48.4 cm³/mol. The Labute approximate surface area is 93.9 Å². The standard InChI is InChI=1S/C10H8F4O3/c1-16-7(15)2-3-17-10-8(13)5(11)4-6(12)9(10)14/h4H,2-3H2,1H3. The number of halogens is 4. The van der Waals surface area contributed by atoms with Crippen molar-refractivity contribution in [3.63, 3.8) is 0 Å². The zero-order valence-corrected chi connectivity index (χ0v) is 8.73. The number of methoxy groups -OCH3 is 1. The lowest BCUT2D eigenvalue weighted by Gasteiger charge is -2.08. The molecule has 1 rings (SSSR count). The molecule has 94 valence electrons. The average molecular weight is 252 g/mol. The van der Waals surface area contributed by atoms with Crippen LogP contribution in [0.1, 0.15) is 6.42 Å². The number of carbonyl (C=O) groups is 1. The van der Waals surface area contributed by atoms with Gasteiger partial charge in [0, 0.05) is 6.07 Å². The van der Waals surface area contributed by atoms with Gasteiger partial charge in [-0.15, -0.1) is 0 Å². The fourth-order valence-corrected chi connectivity index (χ4v) is 1.02. The summed E-state index contributed by atoms with van der Waals surface area (Å²) in [5.74, 6) is -8.30. The van der Waals surface area contributed by atoms with Crippen molar-refractivity contribution in [3.05, 3.63) is 29.3 Å². The summed E-state index contributed by atoms with van der Waals surface area (Å²) in [4.78, 5) is 10.7. The van der Waals surface area contributed by atoms with Crippen LogP contribution in [0.25, 0.3) is 0 Å². The molecule has 0 atom stereocenters. The predicted octanol–water partition coefficient (Wildman–Crippen LogP) is 2.18. The van der Waals surface area contributed by atoms with E-state index >= 15 is 0 Å². The molecule has 0 aliphatic carbocycles. The van der Waals surface area contributed by atoms with Crippen LogP contribution in [0.5, 0.6) is 5.75 Å². The second-order valence-corrected chi connectivity index (χ2v) is 2.97. The molecule has 0 fully saturated rings. The Morgan fingerprint density at radius 2 is 1.71 bits per heavy atom. The van der Waals surface area contributed by atoms with Gasteiger partial charge in [-0.2, -0.15) is 8.78 Å². The first kappa shape index (κ1) is 13.3. The molecule has 0 amide bonds. The molecular formula is C10H8F4O3. The van der Waals surface area contributed by atoms with Crippen molar-refractivity contribution in [2.75, 3.05) is 13.7 Å². The third kappa shape index (κ3) is 3.08. The Morgan fingerprint density at radius 1 is 1.18 bits per heavy atom. The summed E-state index contributed by atoms with van der Waals surface area (Å²) in [6.07, 6.45) is -0.298. The zero-order valence-electron chi connectivity index (χ0n) is 8.73. The maximum absolute atomic E-state index is 13.0. The molecule has 1 aromatic carbocycles. The SMILES string of the molecule is COC(=O)CCOc1c(F)c(F)cc(F)c1F. The summed E-state index contributed by atoms with van der Waals surface area (Å²) in [6, 6.07) is 0.0673. The molecule has 0 N–H and O–H groups in total. The Hall–Kier alpha value is -1.79. The molecule has 17 heavy (non-hydrogen) atoms. The molecule has 3 nitrogen and oxygen atoms in total. The van der Waals surface area contributed by atoms with E-state index in [-0.39, 0.29) is 12.5 Å². The topological polar surface area (TPSA) is 35.5 Å². The minimum Gasteiger partial charge on any atom is -0.487 e. The van der Waals surface area contributed by atoms with Crippen LogP contribution in [0.2, 0.25) is 0 Å². The van der Waals surface area contributed by atoms with Crippen molar-refractivity contribution in [2.24, 2.45) is 0 Å².